The summed E-state index contributed by atoms with van der Waals surface area (Å²) in [5, 5.41) is 13.3. The summed E-state index contributed by atoms with van der Waals surface area (Å²) in [6.45, 7) is 7.34. The van der Waals surface area contributed by atoms with Crippen LogP contribution in [0.3, 0.4) is 0 Å². The number of hydrogen-bond acceptors (Lipinski definition) is 3. The molecule has 0 saturated carbocycles. The second-order valence-electron chi connectivity index (χ2n) is 5.77. The maximum atomic E-state index is 9.16. The topological polar surface area (TPSA) is 41.5 Å². The monoisotopic (exact) mass is 285 g/mol. The van der Waals surface area contributed by atoms with E-state index in [1.807, 2.05) is 18.2 Å². The molecule has 0 heterocycles. The van der Waals surface area contributed by atoms with Gasteiger partial charge in [-0.25, -0.2) is 0 Å². The molecule has 0 bridgehead atoms. The average Bonchev–Trinajstić information content (AvgIpc) is 2.33. The van der Waals surface area contributed by atoms with Crippen LogP contribution in [0, 0.1) is 5.41 Å². The van der Waals surface area contributed by atoms with Crippen molar-refractivity contribution in [2.45, 2.75) is 39.8 Å². The SMILES string of the molecule is COc1ccc(Cl)cc1CNC(CCO)C(C)(C)C. The maximum Gasteiger partial charge on any atom is 0.123 e. The highest BCUT2D eigenvalue weighted by atomic mass is 35.5. The van der Waals surface area contributed by atoms with Crippen LogP contribution in [-0.2, 0) is 6.54 Å². The third kappa shape index (κ3) is 5.01. The Balaban J connectivity index is 2.76. The standard InChI is InChI=1S/C15H24ClNO2/c1-15(2,3)14(7-8-18)17-10-11-9-12(16)5-6-13(11)19-4/h5-6,9,14,17-18H,7-8,10H2,1-4H3. The van der Waals surface area contributed by atoms with E-state index < -0.39 is 0 Å². The van der Waals surface area contributed by atoms with Crippen LogP contribution in [0.1, 0.15) is 32.8 Å². The Morgan fingerprint density at radius 1 is 1.37 bits per heavy atom. The van der Waals surface area contributed by atoms with Crippen molar-refractivity contribution in [3.63, 3.8) is 0 Å². The second-order valence-corrected chi connectivity index (χ2v) is 6.20. The fourth-order valence-electron chi connectivity index (χ4n) is 2.09. The van der Waals surface area contributed by atoms with Crippen LogP contribution >= 0.6 is 11.6 Å². The van der Waals surface area contributed by atoms with Gasteiger partial charge < -0.3 is 15.2 Å². The molecule has 0 radical (unpaired) electrons. The first kappa shape index (κ1) is 16.3. The van der Waals surface area contributed by atoms with Gasteiger partial charge in [0, 0.05) is 29.8 Å². The molecule has 0 aromatic heterocycles. The van der Waals surface area contributed by atoms with E-state index in [1.54, 1.807) is 7.11 Å². The van der Waals surface area contributed by atoms with Gasteiger partial charge in [0.2, 0.25) is 0 Å². The molecule has 0 aliphatic carbocycles. The van der Waals surface area contributed by atoms with E-state index in [4.69, 9.17) is 21.4 Å². The lowest BCUT2D eigenvalue weighted by molar-refractivity contribution is 0.196. The van der Waals surface area contributed by atoms with Crippen molar-refractivity contribution in [1.82, 2.24) is 5.32 Å². The molecule has 108 valence electrons. The first-order valence-electron chi connectivity index (χ1n) is 6.55. The Morgan fingerprint density at radius 3 is 2.58 bits per heavy atom. The molecule has 0 spiro atoms. The van der Waals surface area contributed by atoms with Gasteiger partial charge in [-0.1, -0.05) is 32.4 Å². The molecule has 0 saturated heterocycles. The predicted octanol–water partition coefficient (Wildman–Crippen LogP) is 3.24. The maximum absolute atomic E-state index is 9.16. The minimum absolute atomic E-state index is 0.0918. The highest BCUT2D eigenvalue weighted by Gasteiger charge is 2.23. The largest absolute Gasteiger partial charge is 0.496 e. The number of aliphatic hydroxyl groups is 1. The van der Waals surface area contributed by atoms with E-state index in [0.29, 0.717) is 11.6 Å². The van der Waals surface area contributed by atoms with Gasteiger partial charge >= 0.3 is 0 Å². The van der Waals surface area contributed by atoms with Crippen molar-refractivity contribution in [2.24, 2.45) is 5.41 Å². The molecule has 4 heteroatoms. The van der Waals surface area contributed by atoms with E-state index in [2.05, 4.69) is 26.1 Å². The van der Waals surface area contributed by atoms with E-state index >= 15 is 0 Å². The summed E-state index contributed by atoms with van der Waals surface area (Å²) in [4.78, 5) is 0. The molecule has 19 heavy (non-hydrogen) atoms. The average molecular weight is 286 g/mol. The number of rotatable bonds is 6. The number of benzene rings is 1. The zero-order chi connectivity index (χ0) is 14.5. The van der Waals surface area contributed by atoms with Crippen molar-refractivity contribution in [3.8, 4) is 5.75 Å². The summed E-state index contributed by atoms with van der Waals surface area (Å²) in [6, 6.07) is 5.84. The molecule has 0 aliphatic rings. The number of nitrogens with one attached hydrogen (secondary N) is 1. The summed E-state index contributed by atoms with van der Waals surface area (Å²) in [6.07, 6.45) is 0.729. The van der Waals surface area contributed by atoms with Crippen LogP contribution in [-0.4, -0.2) is 24.9 Å². The Bertz CT molecular complexity index is 402. The Morgan fingerprint density at radius 2 is 2.05 bits per heavy atom. The molecular weight excluding hydrogens is 262 g/mol. The van der Waals surface area contributed by atoms with E-state index in [1.165, 1.54) is 0 Å². The van der Waals surface area contributed by atoms with Gasteiger partial charge in [0.1, 0.15) is 5.75 Å². The lowest BCUT2D eigenvalue weighted by atomic mass is 9.85. The molecule has 1 atom stereocenters. The molecule has 1 rings (SSSR count). The van der Waals surface area contributed by atoms with Crippen LogP contribution in [0.15, 0.2) is 18.2 Å². The number of aliphatic hydroxyl groups excluding tert-OH is 1. The van der Waals surface area contributed by atoms with Gasteiger partial charge in [0.05, 0.1) is 7.11 Å². The molecule has 0 aliphatic heterocycles. The molecule has 1 aromatic carbocycles. The number of methoxy groups -OCH3 is 1. The molecule has 2 N–H and O–H groups in total. The van der Waals surface area contributed by atoms with E-state index in [9.17, 15) is 0 Å². The lowest BCUT2D eigenvalue weighted by Gasteiger charge is -2.31. The van der Waals surface area contributed by atoms with Crippen molar-refractivity contribution < 1.29 is 9.84 Å². The number of halogens is 1. The quantitative estimate of drug-likeness (QED) is 0.843. The summed E-state index contributed by atoms with van der Waals surface area (Å²) in [5.74, 6) is 0.827. The predicted molar refractivity (Wildman–Crippen MR) is 79.8 cm³/mol. The minimum atomic E-state index is 0.0918. The van der Waals surface area contributed by atoms with Crippen LogP contribution < -0.4 is 10.1 Å². The van der Waals surface area contributed by atoms with Crippen LogP contribution in [0.2, 0.25) is 5.02 Å². The molecule has 0 fully saturated rings. The molecule has 3 nitrogen and oxygen atoms in total. The first-order chi connectivity index (χ1) is 8.88. The summed E-state index contributed by atoms with van der Waals surface area (Å²) in [5.41, 5.74) is 1.12. The molecular formula is C15H24ClNO2. The fourth-order valence-corrected chi connectivity index (χ4v) is 2.28. The van der Waals surface area contributed by atoms with Gasteiger partial charge in [-0.05, 0) is 30.0 Å². The van der Waals surface area contributed by atoms with E-state index in [-0.39, 0.29) is 18.1 Å². The van der Waals surface area contributed by atoms with Gasteiger partial charge in [-0.15, -0.1) is 0 Å². The number of hydrogen-bond donors (Lipinski definition) is 2. The van der Waals surface area contributed by atoms with E-state index in [0.717, 1.165) is 17.7 Å². The van der Waals surface area contributed by atoms with Gasteiger partial charge in [-0.2, -0.15) is 0 Å². The highest BCUT2D eigenvalue weighted by Crippen LogP contribution is 2.25. The highest BCUT2D eigenvalue weighted by molar-refractivity contribution is 6.30. The van der Waals surface area contributed by atoms with Crippen molar-refractivity contribution >= 4 is 11.6 Å². The number of ether oxygens (including phenoxy) is 1. The minimum Gasteiger partial charge on any atom is -0.496 e. The van der Waals surface area contributed by atoms with Crippen LogP contribution in [0.5, 0.6) is 5.75 Å². The van der Waals surface area contributed by atoms with Gasteiger partial charge in [0.25, 0.3) is 0 Å². The van der Waals surface area contributed by atoms with Crippen molar-refractivity contribution in [1.29, 1.82) is 0 Å². The lowest BCUT2D eigenvalue weighted by Crippen LogP contribution is -2.40. The third-order valence-electron chi connectivity index (χ3n) is 3.24. The van der Waals surface area contributed by atoms with Crippen molar-refractivity contribution in [3.05, 3.63) is 28.8 Å². The zero-order valence-corrected chi connectivity index (χ0v) is 12.9. The summed E-state index contributed by atoms with van der Waals surface area (Å²) >= 11 is 6.02. The Kier molecular flexibility index (Phi) is 6.11. The van der Waals surface area contributed by atoms with Crippen molar-refractivity contribution in [2.75, 3.05) is 13.7 Å². The molecule has 0 amide bonds. The molecule has 1 aromatic rings. The second kappa shape index (κ2) is 7.13. The zero-order valence-electron chi connectivity index (χ0n) is 12.2. The summed E-state index contributed by atoms with van der Waals surface area (Å²) in [7, 11) is 1.65. The normalized spacial score (nSPS) is 13.4. The molecule has 1 unspecified atom stereocenters. The first-order valence-corrected chi connectivity index (χ1v) is 6.93. The van der Waals surface area contributed by atoms with Crippen LogP contribution in [0.25, 0.3) is 0 Å². The third-order valence-corrected chi connectivity index (χ3v) is 3.48. The van der Waals surface area contributed by atoms with Gasteiger partial charge in [-0.3, -0.25) is 0 Å². The smallest absolute Gasteiger partial charge is 0.123 e. The fraction of sp³-hybridized carbons (Fsp3) is 0.600. The van der Waals surface area contributed by atoms with Gasteiger partial charge in [0.15, 0.2) is 0 Å². The summed E-state index contributed by atoms with van der Waals surface area (Å²) < 4.78 is 5.33. The van der Waals surface area contributed by atoms with Crippen LogP contribution in [0.4, 0.5) is 0 Å². The Hall–Kier alpha value is -0.770. The Labute approximate surface area is 120 Å².